The maximum Gasteiger partial charge on any atom is 0.337 e. The summed E-state index contributed by atoms with van der Waals surface area (Å²) in [5.41, 5.74) is 0. The highest BCUT2D eigenvalue weighted by molar-refractivity contribution is 6.67. The van der Waals surface area contributed by atoms with Crippen molar-refractivity contribution >= 4 is 8.56 Å². The van der Waals surface area contributed by atoms with E-state index < -0.39 is 8.56 Å². The third-order valence-corrected chi connectivity index (χ3v) is 7.98. The Morgan fingerprint density at radius 2 is 1.93 bits per heavy atom. The normalized spacial score (nSPS) is 33.9. The molecule has 0 aliphatic heterocycles. The van der Waals surface area contributed by atoms with Crippen molar-refractivity contribution in [3.63, 3.8) is 0 Å². The summed E-state index contributed by atoms with van der Waals surface area (Å²) in [6.07, 6.45) is 7.56. The van der Waals surface area contributed by atoms with Gasteiger partial charge in [0.2, 0.25) is 0 Å². The van der Waals surface area contributed by atoms with Crippen molar-refractivity contribution in [3.05, 3.63) is 12.2 Å². The minimum atomic E-state index is -1.85. The summed E-state index contributed by atoms with van der Waals surface area (Å²) in [5, 5.41) is 0. The SMILES string of the molecule is CC[Si](CC1CC2C=CC1C2)(OC)OC. The standard InChI is InChI=1S/C12H22O2Si/c1-4-15(13-2,14-3)9-12-8-10-5-6-11(12)7-10/h5-6,10-12H,4,7-9H2,1-3H3. The molecule has 0 spiro atoms. The Balaban J connectivity index is 1.98. The van der Waals surface area contributed by atoms with Crippen LogP contribution in [0.5, 0.6) is 0 Å². The molecule has 0 radical (unpaired) electrons. The lowest BCUT2D eigenvalue weighted by molar-refractivity contribution is 0.231. The summed E-state index contributed by atoms with van der Waals surface area (Å²) < 4.78 is 11.4. The van der Waals surface area contributed by atoms with Crippen molar-refractivity contribution < 1.29 is 8.85 Å². The molecule has 1 fully saturated rings. The van der Waals surface area contributed by atoms with E-state index >= 15 is 0 Å². The van der Waals surface area contributed by atoms with Crippen molar-refractivity contribution in [1.82, 2.24) is 0 Å². The Kier molecular flexibility index (Phi) is 3.33. The van der Waals surface area contributed by atoms with Crippen molar-refractivity contribution in [1.29, 1.82) is 0 Å². The van der Waals surface area contributed by atoms with Crippen molar-refractivity contribution in [3.8, 4) is 0 Å². The maximum absolute atomic E-state index is 5.70. The van der Waals surface area contributed by atoms with E-state index in [1.807, 2.05) is 14.2 Å². The van der Waals surface area contributed by atoms with Crippen LogP contribution in [0.15, 0.2) is 12.2 Å². The molecule has 86 valence electrons. The minimum absolute atomic E-state index is 0.818. The number of fused-ring (bicyclic) bond motifs is 2. The van der Waals surface area contributed by atoms with Gasteiger partial charge in [-0.1, -0.05) is 19.1 Å². The van der Waals surface area contributed by atoms with Crippen LogP contribution in [-0.2, 0) is 8.85 Å². The first-order valence-corrected chi connectivity index (χ1v) is 8.24. The molecule has 1 saturated carbocycles. The van der Waals surface area contributed by atoms with Gasteiger partial charge in [-0.2, -0.15) is 0 Å². The summed E-state index contributed by atoms with van der Waals surface area (Å²) in [7, 11) is 1.79. The van der Waals surface area contributed by atoms with Gasteiger partial charge in [-0.15, -0.1) is 0 Å². The van der Waals surface area contributed by atoms with Gasteiger partial charge < -0.3 is 8.85 Å². The van der Waals surface area contributed by atoms with Crippen LogP contribution in [0.25, 0.3) is 0 Å². The fourth-order valence-corrected chi connectivity index (χ4v) is 5.85. The lowest BCUT2D eigenvalue weighted by Crippen LogP contribution is -2.41. The quantitative estimate of drug-likeness (QED) is 0.530. The second-order valence-electron chi connectivity index (χ2n) is 4.92. The summed E-state index contributed by atoms with van der Waals surface area (Å²) in [6, 6.07) is 2.25. The number of hydrogen-bond acceptors (Lipinski definition) is 2. The number of rotatable bonds is 5. The Hall–Kier alpha value is -0.123. The Morgan fingerprint density at radius 1 is 1.20 bits per heavy atom. The molecule has 0 amide bonds. The van der Waals surface area contributed by atoms with E-state index in [2.05, 4.69) is 19.1 Å². The van der Waals surface area contributed by atoms with Gasteiger partial charge in [0.1, 0.15) is 0 Å². The number of hydrogen-bond donors (Lipinski definition) is 0. The fraction of sp³-hybridized carbons (Fsp3) is 0.833. The third-order valence-electron chi connectivity index (χ3n) is 4.27. The molecule has 3 atom stereocenters. The molecular formula is C12H22O2Si. The second kappa shape index (κ2) is 4.40. The smallest absolute Gasteiger partial charge is 0.337 e. The predicted octanol–water partition coefficient (Wildman–Crippen LogP) is 2.95. The van der Waals surface area contributed by atoms with Crippen molar-refractivity contribution in [2.24, 2.45) is 17.8 Å². The van der Waals surface area contributed by atoms with Gasteiger partial charge in [0.05, 0.1) is 0 Å². The van der Waals surface area contributed by atoms with E-state index in [9.17, 15) is 0 Å². The molecule has 2 aliphatic carbocycles. The molecule has 0 saturated heterocycles. The van der Waals surface area contributed by atoms with E-state index in [-0.39, 0.29) is 0 Å². The van der Waals surface area contributed by atoms with Crippen LogP contribution in [0.3, 0.4) is 0 Å². The van der Waals surface area contributed by atoms with Crippen LogP contribution in [-0.4, -0.2) is 22.8 Å². The summed E-state index contributed by atoms with van der Waals surface area (Å²) >= 11 is 0. The molecule has 0 aromatic heterocycles. The molecule has 0 N–H and O–H groups in total. The first-order chi connectivity index (χ1) is 7.23. The molecule has 2 bridgehead atoms. The van der Waals surface area contributed by atoms with Crippen molar-refractivity contribution in [2.45, 2.75) is 31.9 Å². The zero-order valence-electron chi connectivity index (χ0n) is 10.0. The highest BCUT2D eigenvalue weighted by Crippen LogP contribution is 2.47. The van der Waals surface area contributed by atoms with Gasteiger partial charge in [0.15, 0.2) is 0 Å². The molecule has 15 heavy (non-hydrogen) atoms. The van der Waals surface area contributed by atoms with Crippen LogP contribution in [0.2, 0.25) is 12.1 Å². The Morgan fingerprint density at radius 3 is 2.33 bits per heavy atom. The van der Waals surface area contributed by atoms with Gasteiger partial charge in [0, 0.05) is 14.2 Å². The second-order valence-corrected chi connectivity index (χ2v) is 8.67. The van der Waals surface area contributed by atoms with Crippen molar-refractivity contribution in [2.75, 3.05) is 14.2 Å². The highest BCUT2D eigenvalue weighted by Gasteiger charge is 2.43. The monoisotopic (exact) mass is 226 g/mol. The van der Waals surface area contributed by atoms with Gasteiger partial charge in [0.25, 0.3) is 0 Å². The predicted molar refractivity (Wildman–Crippen MR) is 63.9 cm³/mol. The van der Waals surface area contributed by atoms with Crippen LogP contribution in [0, 0.1) is 17.8 Å². The van der Waals surface area contributed by atoms with Gasteiger partial charge >= 0.3 is 8.56 Å². The fourth-order valence-electron chi connectivity index (χ4n) is 3.21. The van der Waals surface area contributed by atoms with E-state index in [0.29, 0.717) is 0 Å². The summed E-state index contributed by atoms with van der Waals surface area (Å²) in [6.45, 7) is 2.20. The minimum Gasteiger partial charge on any atom is -0.398 e. The van der Waals surface area contributed by atoms with Crippen LogP contribution in [0.1, 0.15) is 19.8 Å². The average molecular weight is 226 g/mol. The highest BCUT2D eigenvalue weighted by atomic mass is 28.4. The Bertz CT molecular complexity index is 240. The topological polar surface area (TPSA) is 18.5 Å². The van der Waals surface area contributed by atoms with E-state index in [0.717, 1.165) is 23.8 Å². The molecule has 3 unspecified atom stereocenters. The molecule has 2 nitrogen and oxygen atoms in total. The molecular weight excluding hydrogens is 204 g/mol. The van der Waals surface area contributed by atoms with E-state index in [4.69, 9.17) is 8.85 Å². The molecule has 0 aromatic carbocycles. The molecule has 0 aromatic rings. The number of allylic oxidation sites excluding steroid dienone is 2. The Labute approximate surface area is 93.9 Å². The first-order valence-electron chi connectivity index (χ1n) is 6.01. The lowest BCUT2D eigenvalue weighted by Gasteiger charge is -2.31. The van der Waals surface area contributed by atoms with E-state index in [1.54, 1.807) is 0 Å². The van der Waals surface area contributed by atoms with Crippen LogP contribution < -0.4 is 0 Å². The zero-order chi connectivity index (χ0) is 10.9. The average Bonchev–Trinajstić information content (AvgIpc) is 2.88. The first kappa shape index (κ1) is 11.4. The van der Waals surface area contributed by atoms with Crippen LogP contribution >= 0.6 is 0 Å². The maximum atomic E-state index is 5.70. The third kappa shape index (κ3) is 2.05. The van der Waals surface area contributed by atoms with Gasteiger partial charge in [-0.3, -0.25) is 0 Å². The largest absolute Gasteiger partial charge is 0.398 e. The lowest BCUT2D eigenvalue weighted by atomic mass is 9.96. The molecule has 2 aliphatic rings. The van der Waals surface area contributed by atoms with E-state index in [1.165, 1.54) is 18.9 Å². The summed E-state index contributed by atoms with van der Waals surface area (Å²) in [5.74, 6) is 2.50. The van der Waals surface area contributed by atoms with Crippen LogP contribution in [0.4, 0.5) is 0 Å². The van der Waals surface area contributed by atoms with Gasteiger partial charge in [-0.05, 0) is 42.7 Å². The summed E-state index contributed by atoms with van der Waals surface area (Å²) in [4.78, 5) is 0. The molecule has 2 rings (SSSR count). The van der Waals surface area contributed by atoms with Gasteiger partial charge in [-0.25, -0.2) is 0 Å². The molecule has 0 heterocycles. The zero-order valence-corrected chi connectivity index (χ0v) is 11.0. The molecule has 3 heteroatoms.